The van der Waals surface area contributed by atoms with E-state index in [-0.39, 0.29) is 12.4 Å². The topological polar surface area (TPSA) is 53.9 Å². The lowest BCUT2D eigenvalue weighted by Gasteiger charge is -2.14. The Morgan fingerprint density at radius 1 is 1.11 bits per heavy atom. The number of thioether (sulfide) groups is 1. The first-order chi connectivity index (χ1) is 17.4. The number of para-hydroxylation sites is 1. The minimum Gasteiger partial charge on any atom is -0.434 e. The van der Waals surface area contributed by atoms with Gasteiger partial charge in [0, 0.05) is 47.5 Å². The second-order valence-electron chi connectivity index (χ2n) is 8.26. The number of amidine groups is 1. The number of aliphatic hydroxyl groups is 1. The molecule has 0 bridgehead atoms. The number of anilines is 1. The normalized spacial score (nSPS) is 13.2. The molecule has 4 nitrogen and oxygen atoms in total. The van der Waals surface area contributed by atoms with Crippen molar-refractivity contribution < 1.29 is 18.6 Å². The fourth-order valence-corrected chi connectivity index (χ4v) is 4.81. The molecule has 0 saturated heterocycles. The highest BCUT2D eigenvalue weighted by Crippen LogP contribution is 2.37. The van der Waals surface area contributed by atoms with Gasteiger partial charge in [0.1, 0.15) is 11.6 Å². The summed E-state index contributed by atoms with van der Waals surface area (Å²) >= 11 is 8.43. The van der Waals surface area contributed by atoms with Gasteiger partial charge in [-0.25, -0.2) is 0 Å². The third-order valence-corrected chi connectivity index (χ3v) is 6.95. The van der Waals surface area contributed by atoms with Crippen molar-refractivity contribution in [3.8, 4) is 16.9 Å². The van der Waals surface area contributed by atoms with Crippen LogP contribution in [0.2, 0.25) is 5.02 Å². The molecule has 1 aliphatic carbocycles. The summed E-state index contributed by atoms with van der Waals surface area (Å²) in [6, 6.07) is 20.6. The van der Waals surface area contributed by atoms with Gasteiger partial charge >= 0.3 is 6.61 Å². The third-order valence-electron chi connectivity index (χ3n) is 5.40. The van der Waals surface area contributed by atoms with Crippen LogP contribution in [0.25, 0.3) is 11.1 Å². The first kappa shape index (κ1) is 28.0. The van der Waals surface area contributed by atoms with Gasteiger partial charge in [-0.05, 0) is 61.6 Å². The molecule has 3 aromatic rings. The van der Waals surface area contributed by atoms with E-state index < -0.39 is 6.61 Å². The van der Waals surface area contributed by atoms with Crippen LogP contribution < -0.4 is 10.1 Å². The lowest BCUT2D eigenvalue weighted by Crippen LogP contribution is -2.15. The average Bonchev–Trinajstić information content (AvgIpc) is 3.69. The molecule has 0 radical (unpaired) electrons. The van der Waals surface area contributed by atoms with E-state index in [1.54, 1.807) is 44.3 Å². The number of hydrogen-bond acceptors (Lipinski definition) is 4. The maximum absolute atomic E-state index is 12.8. The Labute approximate surface area is 220 Å². The van der Waals surface area contributed by atoms with Crippen LogP contribution >= 0.6 is 23.4 Å². The van der Waals surface area contributed by atoms with Gasteiger partial charge in [0.2, 0.25) is 0 Å². The number of benzene rings is 3. The Morgan fingerprint density at radius 3 is 2.42 bits per heavy atom. The molecule has 192 valence electrons. The van der Waals surface area contributed by atoms with Crippen LogP contribution in [0.4, 0.5) is 14.5 Å². The quantitative estimate of drug-likeness (QED) is 0.168. The number of alkyl halides is 2. The average molecular weight is 533 g/mol. The Bertz CT molecular complexity index is 1140. The summed E-state index contributed by atoms with van der Waals surface area (Å²) < 4.78 is 30.2. The van der Waals surface area contributed by atoms with E-state index in [2.05, 4.69) is 39.3 Å². The Hall–Kier alpha value is -2.61. The zero-order chi connectivity index (χ0) is 25.9. The van der Waals surface area contributed by atoms with E-state index in [9.17, 15) is 8.78 Å². The minimum atomic E-state index is -2.90. The second kappa shape index (κ2) is 14.2. The van der Waals surface area contributed by atoms with Gasteiger partial charge in [-0.15, -0.1) is 11.8 Å². The third kappa shape index (κ3) is 8.80. The predicted octanol–water partition coefficient (Wildman–Crippen LogP) is 7.79. The summed E-state index contributed by atoms with van der Waals surface area (Å²) in [5.41, 5.74) is 3.07. The maximum atomic E-state index is 12.8. The Morgan fingerprint density at radius 2 is 1.81 bits per heavy atom. The van der Waals surface area contributed by atoms with Crippen molar-refractivity contribution in [1.29, 1.82) is 0 Å². The number of halogens is 3. The molecule has 1 saturated carbocycles. The summed E-state index contributed by atoms with van der Waals surface area (Å²) in [7, 11) is 1.75. The highest BCUT2D eigenvalue weighted by molar-refractivity contribution is 7.99. The van der Waals surface area contributed by atoms with Gasteiger partial charge in [-0.3, -0.25) is 4.99 Å². The number of nitrogens with zero attached hydrogens (tertiary/aromatic N) is 1. The van der Waals surface area contributed by atoms with Crippen LogP contribution in [-0.2, 0) is 6.42 Å². The fourth-order valence-electron chi connectivity index (χ4n) is 3.44. The lowest BCUT2D eigenvalue weighted by molar-refractivity contribution is -0.0494. The van der Waals surface area contributed by atoms with E-state index in [0.717, 1.165) is 17.4 Å². The molecule has 0 spiro atoms. The highest BCUT2D eigenvalue weighted by Gasteiger charge is 2.21. The lowest BCUT2D eigenvalue weighted by atomic mass is 10.0. The molecule has 1 aliphatic rings. The van der Waals surface area contributed by atoms with Gasteiger partial charge in [-0.1, -0.05) is 48.0 Å². The summed E-state index contributed by atoms with van der Waals surface area (Å²) in [5.74, 6) is 3.00. The standard InChI is InChI=1S/C26H25ClF2N2OS.C2H6O/c1-30-25(14-17-8-11-20(12-9-17)33-16-18-6-7-18)31-19-10-13-21(23(27)15-19)22-4-2-3-5-24(22)32-26(28)29;1-2-3/h2-5,8-13,15,18,26H,6-7,14,16H2,1H3,(H,30,31);3H,2H2,1H3. The van der Waals surface area contributed by atoms with Crippen molar-refractivity contribution in [1.82, 2.24) is 0 Å². The van der Waals surface area contributed by atoms with Crippen LogP contribution in [-0.4, -0.2) is 37.0 Å². The Kier molecular flexibility index (Phi) is 11.0. The van der Waals surface area contributed by atoms with E-state index >= 15 is 0 Å². The van der Waals surface area contributed by atoms with Gasteiger partial charge < -0.3 is 15.2 Å². The van der Waals surface area contributed by atoms with Crippen LogP contribution in [0.15, 0.2) is 76.6 Å². The maximum Gasteiger partial charge on any atom is 0.387 e. The smallest absolute Gasteiger partial charge is 0.387 e. The van der Waals surface area contributed by atoms with Crippen molar-refractivity contribution in [3.63, 3.8) is 0 Å². The van der Waals surface area contributed by atoms with Crippen molar-refractivity contribution in [3.05, 3.63) is 77.3 Å². The van der Waals surface area contributed by atoms with E-state index in [0.29, 0.717) is 22.6 Å². The van der Waals surface area contributed by atoms with Crippen molar-refractivity contribution in [2.45, 2.75) is 37.7 Å². The number of aliphatic hydroxyl groups excluding tert-OH is 1. The number of nitrogens with one attached hydrogen (secondary N) is 1. The summed E-state index contributed by atoms with van der Waals surface area (Å²) in [4.78, 5) is 5.68. The molecule has 0 amide bonds. The van der Waals surface area contributed by atoms with Crippen molar-refractivity contribution in [2.24, 2.45) is 10.9 Å². The minimum absolute atomic E-state index is 0.0876. The molecular formula is C28H31ClF2N2O2S. The van der Waals surface area contributed by atoms with Gasteiger partial charge in [0.15, 0.2) is 0 Å². The molecule has 36 heavy (non-hydrogen) atoms. The molecule has 1 fully saturated rings. The van der Waals surface area contributed by atoms with E-state index in [1.807, 2.05) is 17.8 Å². The second-order valence-corrected chi connectivity index (χ2v) is 9.76. The summed E-state index contributed by atoms with van der Waals surface area (Å²) in [5, 5.41) is 11.3. The monoisotopic (exact) mass is 532 g/mol. The van der Waals surface area contributed by atoms with Gasteiger partial charge in [-0.2, -0.15) is 8.78 Å². The van der Waals surface area contributed by atoms with Crippen LogP contribution in [0, 0.1) is 5.92 Å². The first-order valence-corrected chi connectivity index (χ1v) is 13.2. The molecule has 2 N–H and O–H groups in total. The largest absolute Gasteiger partial charge is 0.434 e. The molecule has 0 heterocycles. The zero-order valence-corrected chi connectivity index (χ0v) is 22.0. The molecule has 4 rings (SSSR count). The van der Waals surface area contributed by atoms with E-state index in [4.69, 9.17) is 16.7 Å². The number of ether oxygens (including phenoxy) is 1. The number of hydrogen-bond donors (Lipinski definition) is 2. The van der Waals surface area contributed by atoms with Crippen molar-refractivity contribution >= 4 is 34.9 Å². The predicted molar refractivity (Wildman–Crippen MR) is 147 cm³/mol. The van der Waals surface area contributed by atoms with Crippen LogP contribution in [0.3, 0.4) is 0 Å². The molecule has 0 aliphatic heterocycles. The first-order valence-electron chi connectivity index (χ1n) is 11.8. The zero-order valence-electron chi connectivity index (χ0n) is 20.4. The van der Waals surface area contributed by atoms with Crippen molar-refractivity contribution in [2.75, 3.05) is 24.7 Å². The highest BCUT2D eigenvalue weighted by atomic mass is 35.5. The van der Waals surface area contributed by atoms with E-state index in [1.165, 1.54) is 35.1 Å². The molecule has 0 unspecified atom stereocenters. The summed E-state index contributed by atoms with van der Waals surface area (Å²) in [6.07, 6.45) is 3.40. The van der Waals surface area contributed by atoms with Crippen LogP contribution in [0.1, 0.15) is 25.3 Å². The SMILES string of the molecule is CCO.CN=C(Cc1ccc(SCC2CC2)cc1)Nc1ccc(-c2ccccc2OC(F)F)c(Cl)c1. The fraction of sp³-hybridized carbons (Fsp3) is 0.321. The number of rotatable bonds is 9. The molecule has 0 aromatic heterocycles. The molecule has 0 atom stereocenters. The number of aliphatic imine (C=N–C) groups is 1. The van der Waals surface area contributed by atoms with Gasteiger partial charge in [0.05, 0.1) is 5.02 Å². The molecular weight excluding hydrogens is 502 g/mol. The molecule has 8 heteroatoms. The Balaban J connectivity index is 0.00000115. The summed E-state index contributed by atoms with van der Waals surface area (Å²) in [6.45, 7) is -0.972. The van der Waals surface area contributed by atoms with Crippen LogP contribution in [0.5, 0.6) is 5.75 Å². The van der Waals surface area contributed by atoms with Gasteiger partial charge in [0.25, 0.3) is 0 Å². The molecule has 3 aromatic carbocycles.